The summed E-state index contributed by atoms with van der Waals surface area (Å²) in [5, 5.41) is 6.55. The maximum Gasteiger partial charge on any atom is 0.231 e. The number of aromatic nitrogens is 1. The zero-order valence-corrected chi connectivity index (χ0v) is 19.8. The summed E-state index contributed by atoms with van der Waals surface area (Å²) in [6, 6.07) is 15.6. The topological polar surface area (TPSA) is 77.0 Å². The average molecular weight is 550 g/mol. The van der Waals surface area contributed by atoms with Crippen LogP contribution in [0.3, 0.4) is 0 Å². The smallest absolute Gasteiger partial charge is 0.231 e. The summed E-state index contributed by atoms with van der Waals surface area (Å²) >= 11 is 0. The molecule has 0 aliphatic carbocycles. The molecule has 2 N–H and O–H groups in total. The monoisotopic (exact) mass is 550 g/mol. The summed E-state index contributed by atoms with van der Waals surface area (Å²) in [5.41, 5.74) is 2.12. The molecule has 0 unspecified atom stereocenters. The minimum absolute atomic E-state index is 0. The zero-order valence-electron chi connectivity index (χ0n) is 17.5. The lowest BCUT2D eigenvalue weighted by molar-refractivity contribution is 0.174. The van der Waals surface area contributed by atoms with Gasteiger partial charge >= 0.3 is 0 Å². The van der Waals surface area contributed by atoms with E-state index in [9.17, 15) is 4.39 Å². The Hall–Kier alpha value is -3.08. The second kappa shape index (κ2) is 11.5. The summed E-state index contributed by atoms with van der Waals surface area (Å²) in [6.07, 6.45) is 2.53. The number of halogens is 2. The molecule has 168 valence electrons. The quantitative estimate of drug-likeness (QED) is 0.260. The molecular weight excluding hydrogens is 526 g/mol. The first-order valence-corrected chi connectivity index (χ1v) is 9.91. The van der Waals surface area contributed by atoms with Gasteiger partial charge in [-0.25, -0.2) is 9.37 Å². The van der Waals surface area contributed by atoms with Crippen LogP contribution in [-0.4, -0.2) is 31.3 Å². The Morgan fingerprint density at radius 3 is 2.69 bits per heavy atom. The van der Waals surface area contributed by atoms with Crippen molar-refractivity contribution in [3.05, 3.63) is 77.7 Å². The minimum atomic E-state index is -0.351. The third-order valence-corrected chi connectivity index (χ3v) is 4.64. The maximum atomic E-state index is 13.2. The Morgan fingerprint density at radius 1 is 1.06 bits per heavy atom. The standard InChI is InChI=1S/C23H23FN4O3.HI/c1-25-23(26-10-9-16-5-7-20-21(11-16)30-15-29-20)28-14-17-6-8-22(27-13-17)31-19-4-2-3-18(24)12-19;/h2-8,11-13H,9-10,14-15H2,1H3,(H2,25,26,28);1H. The van der Waals surface area contributed by atoms with Gasteiger partial charge in [-0.2, -0.15) is 0 Å². The van der Waals surface area contributed by atoms with Crippen molar-refractivity contribution >= 4 is 29.9 Å². The number of fused-ring (bicyclic) bond motifs is 1. The van der Waals surface area contributed by atoms with E-state index in [1.165, 1.54) is 12.1 Å². The summed E-state index contributed by atoms with van der Waals surface area (Å²) in [5.74, 6) is 2.73. The molecule has 7 nitrogen and oxygen atoms in total. The van der Waals surface area contributed by atoms with Gasteiger partial charge in [0, 0.05) is 38.5 Å². The van der Waals surface area contributed by atoms with Gasteiger partial charge in [-0.05, 0) is 41.8 Å². The lowest BCUT2D eigenvalue weighted by atomic mass is 10.1. The summed E-state index contributed by atoms with van der Waals surface area (Å²) in [7, 11) is 1.73. The van der Waals surface area contributed by atoms with Gasteiger partial charge in [-0.3, -0.25) is 4.99 Å². The van der Waals surface area contributed by atoms with Gasteiger partial charge < -0.3 is 24.8 Å². The Labute approximate surface area is 203 Å². The number of guanidine groups is 1. The SMILES string of the molecule is CN=C(NCCc1ccc2c(c1)OCO2)NCc1ccc(Oc2cccc(F)c2)nc1.I. The normalized spacial score (nSPS) is 12.1. The molecule has 0 atom stereocenters. The van der Waals surface area contributed by atoms with Crippen molar-refractivity contribution in [3.63, 3.8) is 0 Å². The zero-order chi connectivity index (χ0) is 21.5. The van der Waals surface area contributed by atoms with Crippen LogP contribution >= 0.6 is 24.0 Å². The summed E-state index contributed by atoms with van der Waals surface area (Å²) in [4.78, 5) is 8.51. The molecule has 0 saturated heterocycles. The number of nitrogens with zero attached hydrogens (tertiary/aromatic N) is 2. The first kappa shape index (κ1) is 23.6. The van der Waals surface area contributed by atoms with Crippen molar-refractivity contribution in [2.75, 3.05) is 20.4 Å². The van der Waals surface area contributed by atoms with E-state index in [2.05, 4.69) is 20.6 Å². The number of hydrogen-bond donors (Lipinski definition) is 2. The third kappa shape index (κ3) is 6.46. The molecule has 2 heterocycles. The molecule has 0 saturated carbocycles. The molecule has 1 aliphatic rings. The van der Waals surface area contributed by atoms with E-state index < -0.39 is 0 Å². The highest BCUT2D eigenvalue weighted by Gasteiger charge is 2.13. The third-order valence-electron chi connectivity index (χ3n) is 4.64. The Bertz CT molecular complexity index is 1060. The molecule has 0 spiro atoms. The Morgan fingerprint density at radius 2 is 1.91 bits per heavy atom. The van der Waals surface area contributed by atoms with E-state index >= 15 is 0 Å². The molecule has 32 heavy (non-hydrogen) atoms. The first-order chi connectivity index (χ1) is 15.2. The number of hydrogen-bond acceptors (Lipinski definition) is 5. The van der Waals surface area contributed by atoms with Gasteiger partial charge in [0.25, 0.3) is 0 Å². The fourth-order valence-electron chi connectivity index (χ4n) is 3.06. The second-order valence-electron chi connectivity index (χ2n) is 6.85. The predicted octanol–water partition coefficient (Wildman–Crippen LogP) is 4.27. The van der Waals surface area contributed by atoms with E-state index in [0.717, 1.165) is 35.6 Å². The van der Waals surface area contributed by atoms with Crippen molar-refractivity contribution in [2.45, 2.75) is 13.0 Å². The van der Waals surface area contributed by atoms with Crippen molar-refractivity contribution in [1.29, 1.82) is 0 Å². The largest absolute Gasteiger partial charge is 0.454 e. The predicted molar refractivity (Wildman–Crippen MR) is 131 cm³/mol. The fraction of sp³-hybridized carbons (Fsp3) is 0.217. The van der Waals surface area contributed by atoms with Crippen LogP contribution in [-0.2, 0) is 13.0 Å². The molecule has 3 aromatic rings. The van der Waals surface area contributed by atoms with E-state index in [1.54, 1.807) is 31.4 Å². The minimum Gasteiger partial charge on any atom is -0.454 e. The highest BCUT2D eigenvalue weighted by Crippen LogP contribution is 2.32. The Balaban J connectivity index is 0.00000289. The first-order valence-electron chi connectivity index (χ1n) is 9.91. The van der Waals surface area contributed by atoms with Crippen LogP contribution in [0, 0.1) is 5.82 Å². The molecule has 0 bridgehead atoms. The average Bonchev–Trinajstić information content (AvgIpc) is 3.25. The van der Waals surface area contributed by atoms with Crippen LogP contribution in [0.4, 0.5) is 4.39 Å². The van der Waals surface area contributed by atoms with Crippen molar-refractivity contribution in [3.8, 4) is 23.1 Å². The highest BCUT2D eigenvalue weighted by atomic mass is 127. The van der Waals surface area contributed by atoms with E-state index in [0.29, 0.717) is 24.1 Å². The van der Waals surface area contributed by atoms with Crippen LogP contribution in [0.25, 0.3) is 0 Å². The van der Waals surface area contributed by atoms with Crippen LogP contribution < -0.4 is 24.8 Å². The van der Waals surface area contributed by atoms with Crippen LogP contribution in [0.2, 0.25) is 0 Å². The molecule has 0 amide bonds. The van der Waals surface area contributed by atoms with Crippen molar-refractivity contribution in [1.82, 2.24) is 15.6 Å². The molecule has 2 aromatic carbocycles. The molecule has 0 fully saturated rings. The van der Waals surface area contributed by atoms with Gasteiger partial charge in [0.15, 0.2) is 17.5 Å². The lowest BCUT2D eigenvalue weighted by Crippen LogP contribution is -2.37. The van der Waals surface area contributed by atoms with Gasteiger partial charge in [-0.1, -0.05) is 18.2 Å². The van der Waals surface area contributed by atoms with Gasteiger partial charge in [0.2, 0.25) is 12.7 Å². The number of pyridine rings is 1. The number of ether oxygens (including phenoxy) is 3. The highest BCUT2D eigenvalue weighted by molar-refractivity contribution is 14.0. The molecule has 1 aromatic heterocycles. The number of benzene rings is 2. The van der Waals surface area contributed by atoms with Crippen molar-refractivity contribution < 1.29 is 18.6 Å². The molecule has 4 rings (SSSR count). The van der Waals surface area contributed by atoms with Crippen LogP contribution in [0.1, 0.15) is 11.1 Å². The van der Waals surface area contributed by atoms with Gasteiger partial charge in [0.1, 0.15) is 11.6 Å². The molecule has 1 aliphatic heterocycles. The Kier molecular flexibility index (Phi) is 8.48. The van der Waals surface area contributed by atoms with Crippen LogP contribution in [0.5, 0.6) is 23.1 Å². The number of aliphatic imine (C=N–C) groups is 1. The van der Waals surface area contributed by atoms with E-state index in [1.807, 2.05) is 24.3 Å². The lowest BCUT2D eigenvalue weighted by Gasteiger charge is -2.12. The number of nitrogens with one attached hydrogen (secondary N) is 2. The van der Waals surface area contributed by atoms with Crippen LogP contribution in [0.15, 0.2) is 65.8 Å². The maximum absolute atomic E-state index is 13.2. The summed E-state index contributed by atoms with van der Waals surface area (Å²) < 4.78 is 29.6. The van der Waals surface area contributed by atoms with E-state index in [-0.39, 0.29) is 36.6 Å². The van der Waals surface area contributed by atoms with Gasteiger partial charge in [0.05, 0.1) is 0 Å². The second-order valence-corrected chi connectivity index (χ2v) is 6.85. The van der Waals surface area contributed by atoms with Gasteiger partial charge in [-0.15, -0.1) is 24.0 Å². The fourth-order valence-corrected chi connectivity index (χ4v) is 3.06. The van der Waals surface area contributed by atoms with E-state index in [4.69, 9.17) is 14.2 Å². The van der Waals surface area contributed by atoms with Crippen molar-refractivity contribution in [2.24, 2.45) is 4.99 Å². The molecular formula is C23H24FIN4O3. The number of rotatable bonds is 7. The molecule has 9 heteroatoms. The summed E-state index contributed by atoms with van der Waals surface area (Å²) in [6.45, 7) is 1.55. The molecule has 0 radical (unpaired) electrons.